The number of aromatic amines is 2. The summed E-state index contributed by atoms with van der Waals surface area (Å²) < 4.78 is 4.80. The van der Waals surface area contributed by atoms with E-state index in [2.05, 4.69) is 57.7 Å². The van der Waals surface area contributed by atoms with Gasteiger partial charge in [0, 0.05) is 24.3 Å². The number of H-pyrrole nitrogens is 2. The number of likely N-dealkylation sites (N-methyl/N-ethyl adjacent to an activating group) is 1. The minimum absolute atomic E-state index is 0.0154. The first-order valence-electron chi connectivity index (χ1n) is 18.6. The summed E-state index contributed by atoms with van der Waals surface area (Å²) in [5.74, 6) is 1.60. The number of ether oxygens (including phenoxy) is 1. The van der Waals surface area contributed by atoms with Crippen LogP contribution in [0.3, 0.4) is 0 Å². The highest BCUT2D eigenvalue weighted by Crippen LogP contribution is 2.38. The van der Waals surface area contributed by atoms with E-state index >= 15 is 0 Å². The number of nitrogens with one attached hydrogen (secondary N) is 3. The summed E-state index contributed by atoms with van der Waals surface area (Å²) in [6, 6.07) is 14.3. The number of benzene rings is 2. The van der Waals surface area contributed by atoms with Crippen LogP contribution in [0.25, 0.3) is 33.6 Å². The van der Waals surface area contributed by atoms with Crippen LogP contribution >= 0.6 is 0 Å². The minimum Gasteiger partial charge on any atom is -0.453 e. The summed E-state index contributed by atoms with van der Waals surface area (Å²) in [7, 11) is 5.15. The van der Waals surface area contributed by atoms with E-state index in [1.54, 1.807) is 0 Å². The first kappa shape index (κ1) is 35.4. The molecule has 0 unspecified atom stereocenters. The van der Waals surface area contributed by atoms with Gasteiger partial charge in [-0.15, -0.1) is 0 Å². The molecule has 7 rings (SSSR count). The number of rotatable bonds is 9. The second-order valence-electron chi connectivity index (χ2n) is 15.0. The van der Waals surface area contributed by atoms with E-state index in [0.29, 0.717) is 13.1 Å². The lowest BCUT2D eigenvalue weighted by molar-refractivity contribution is -0.135. The molecule has 0 radical (unpaired) electrons. The number of aryl methyl sites for hydroxylation is 2. The molecule has 3 aliphatic rings. The number of hydrogen-bond acceptors (Lipinski definition) is 7. The van der Waals surface area contributed by atoms with Crippen LogP contribution in [-0.4, -0.2) is 99.4 Å². The van der Waals surface area contributed by atoms with Crippen molar-refractivity contribution in [1.82, 2.24) is 40.0 Å². The Morgan fingerprint density at radius 2 is 1.60 bits per heavy atom. The third kappa shape index (κ3) is 7.08. The molecule has 2 fully saturated rings. The predicted octanol–water partition coefficient (Wildman–Crippen LogP) is 5.89. The summed E-state index contributed by atoms with van der Waals surface area (Å²) in [6.07, 6.45) is 7.70. The largest absolute Gasteiger partial charge is 0.453 e. The van der Waals surface area contributed by atoms with Gasteiger partial charge in [-0.3, -0.25) is 9.59 Å². The number of imidazole rings is 2. The molecule has 3 atom stereocenters. The molecule has 3 amide bonds. The van der Waals surface area contributed by atoms with Crippen molar-refractivity contribution in [2.45, 2.75) is 76.9 Å². The van der Waals surface area contributed by atoms with E-state index in [0.717, 1.165) is 102 Å². The third-order valence-electron chi connectivity index (χ3n) is 10.7. The van der Waals surface area contributed by atoms with E-state index in [1.807, 2.05) is 48.8 Å². The smallest absolute Gasteiger partial charge is 0.407 e. The highest BCUT2D eigenvalue weighted by Gasteiger charge is 2.38. The van der Waals surface area contributed by atoms with E-state index in [9.17, 15) is 14.4 Å². The number of fused-ring (bicyclic) bond motifs is 3. The maximum atomic E-state index is 13.7. The van der Waals surface area contributed by atoms with Gasteiger partial charge in [0.15, 0.2) is 0 Å². The van der Waals surface area contributed by atoms with Gasteiger partial charge in [0.2, 0.25) is 11.8 Å². The number of likely N-dealkylation sites (tertiary alicyclic amines) is 2. The fraction of sp³-hybridized carbons (Fsp3) is 0.475. The molecule has 0 spiro atoms. The van der Waals surface area contributed by atoms with Crippen molar-refractivity contribution in [2.24, 2.45) is 5.92 Å². The second kappa shape index (κ2) is 14.9. The van der Waals surface area contributed by atoms with Gasteiger partial charge in [-0.1, -0.05) is 56.3 Å². The van der Waals surface area contributed by atoms with Crippen LogP contribution in [0, 0.1) is 5.92 Å². The van der Waals surface area contributed by atoms with Gasteiger partial charge in [0.1, 0.15) is 17.7 Å². The molecule has 12 heteroatoms. The van der Waals surface area contributed by atoms with Crippen LogP contribution in [0.1, 0.15) is 80.9 Å². The molecule has 52 heavy (non-hydrogen) atoms. The van der Waals surface area contributed by atoms with Crippen LogP contribution in [-0.2, 0) is 27.2 Å². The van der Waals surface area contributed by atoms with Crippen molar-refractivity contribution in [1.29, 1.82) is 0 Å². The average molecular weight is 707 g/mol. The van der Waals surface area contributed by atoms with Gasteiger partial charge in [-0.05, 0) is 87.2 Å². The number of carbonyl (C=O) groups excluding carboxylic acids is 3. The van der Waals surface area contributed by atoms with Gasteiger partial charge >= 0.3 is 6.09 Å². The van der Waals surface area contributed by atoms with Crippen molar-refractivity contribution in [3.8, 4) is 33.6 Å². The molecule has 3 N–H and O–H groups in total. The molecule has 0 saturated carbocycles. The molecule has 274 valence electrons. The lowest BCUT2D eigenvalue weighted by Crippen LogP contribution is -2.51. The zero-order valence-electron chi connectivity index (χ0n) is 30.9. The van der Waals surface area contributed by atoms with Gasteiger partial charge < -0.3 is 34.7 Å². The maximum absolute atomic E-state index is 13.7. The Kier molecular flexibility index (Phi) is 10.2. The normalized spacial score (nSPS) is 19.1. The lowest BCUT2D eigenvalue weighted by Gasteiger charge is -2.30. The van der Waals surface area contributed by atoms with E-state index in [1.165, 1.54) is 12.7 Å². The Bertz CT molecular complexity index is 1930. The summed E-state index contributed by atoms with van der Waals surface area (Å²) in [5.41, 5.74) is 8.76. The van der Waals surface area contributed by atoms with Crippen molar-refractivity contribution in [2.75, 3.05) is 40.8 Å². The van der Waals surface area contributed by atoms with Crippen LogP contribution in [0.4, 0.5) is 4.79 Å². The molecule has 2 aromatic carbocycles. The van der Waals surface area contributed by atoms with Crippen LogP contribution in [0.15, 0.2) is 48.7 Å². The minimum atomic E-state index is -0.668. The molecule has 12 nitrogen and oxygen atoms in total. The van der Waals surface area contributed by atoms with Crippen molar-refractivity contribution < 1.29 is 19.1 Å². The molecule has 4 heterocycles. The SMILES string of the molecule is COC(=O)N[C@H](C(=O)N1CCC[C@H]1c1nc2c([nH]1)CCCc1cc(-c3ccc(-c4cnc([C@@H]5CCCN5C(=O)CN(C)C)[nH]4)cc3)ccc1-2)C(C)C. The Balaban J connectivity index is 1.08. The molecule has 2 aliphatic heterocycles. The fourth-order valence-corrected chi connectivity index (χ4v) is 8.06. The number of hydrogen-bond donors (Lipinski definition) is 3. The third-order valence-corrected chi connectivity index (χ3v) is 10.7. The quantitative estimate of drug-likeness (QED) is 0.197. The molecule has 2 saturated heterocycles. The Hall–Kier alpha value is -4.97. The van der Waals surface area contributed by atoms with Gasteiger partial charge in [-0.25, -0.2) is 14.8 Å². The number of methoxy groups -OCH3 is 1. The van der Waals surface area contributed by atoms with Gasteiger partial charge in [-0.2, -0.15) is 0 Å². The first-order chi connectivity index (χ1) is 25.1. The van der Waals surface area contributed by atoms with Crippen LogP contribution < -0.4 is 5.32 Å². The highest BCUT2D eigenvalue weighted by molar-refractivity contribution is 5.86. The first-order valence-corrected chi connectivity index (χ1v) is 18.6. The second-order valence-corrected chi connectivity index (χ2v) is 15.0. The lowest BCUT2D eigenvalue weighted by atomic mass is 9.95. The Morgan fingerprint density at radius 1 is 0.904 bits per heavy atom. The topological polar surface area (TPSA) is 140 Å². The zero-order chi connectivity index (χ0) is 36.5. The Morgan fingerprint density at radius 3 is 2.31 bits per heavy atom. The zero-order valence-corrected chi connectivity index (χ0v) is 30.9. The summed E-state index contributed by atoms with van der Waals surface area (Å²) >= 11 is 0. The van der Waals surface area contributed by atoms with Crippen molar-refractivity contribution in [3.63, 3.8) is 0 Å². The number of nitrogens with zero attached hydrogens (tertiary/aromatic N) is 5. The number of carbonyl (C=O) groups is 3. The number of amides is 3. The number of alkyl carbamates (subject to hydrolysis) is 1. The van der Waals surface area contributed by atoms with Crippen molar-refractivity contribution in [3.05, 3.63) is 71.6 Å². The molecule has 0 bridgehead atoms. The van der Waals surface area contributed by atoms with E-state index in [-0.39, 0.29) is 29.8 Å². The summed E-state index contributed by atoms with van der Waals surface area (Å²) in [4.78, 5) is 61.3. The average Bonchev–Trinajstić information content (AvgIpc) is 3.95. The summed E-state index contributed by atoms with van der Waals surface area (Å²) in [6.45, 7) is 5.64. The Labute approximate surface area is 305 Å². The van der Waals surface area contributed by atoms with Crippen molar-refractivity contribution >= 4 is 17.9 Å². The van der Waals surface area contributed by atoms with E-state index < -0.39 is 12.1 Å². The monoisotopic (exact) mass is 706 g/mol. The standard InChI is InChI=1S/C40H50N8O4/c1-24(2)35(45-40(51)52-5)39(50)48-20-8-12-33(48)38-42-30-10-6-9-28-21-27(17-18-29(28)36(30)44-38)25-13-15-26(16-14-25)31-22-41-37(43-31)32-11-7-19-47(32)34(49)23-46(3)4/h13-18,21-22,24,32-33,35H,6-12,19-20,23H2,1-5H3,(H,41,43)(H,42,44)(H,45,51)/t32-,33-,35-/m0/s1. The molecule has 4 aromatic rings. The highest BCUT2D eigenvalue weighted by atomic mass is 16.5. The van der Waals surface area contributed by atoms with Crippen LogP contribution in [0.5, 0.6) is 0 Å². The molecule has 1 aliphatic carbocycles. The van der Waals surface area contributed by atoms with E-state index in [4.69, 9.17) is 14.7 Å². The molecular weight excluding hydrogens is 656 g/mol. The summed E-state index contributed by atoms with van der Waals surface area (Å²) in [5, 5.41) is 2.74. The van der Waals surface area contributed by atoms with Gasteiger partial charge in [0.05, 0.1) is 43.3 Å². The van der Waals surface area contributed by atoms with Crippen LogP contribution in [0.2, 0.25) is 0 Å². The number of aromatic nitrogens is 4. The maximum Gasteiger partial charge on any atom is 0.407 e. The predicted molar refractivity (Wildman–Crippen MR) is 199 cm³/mol. The molecule has 2 aromatic heterocycles. The fourth-order valence-electron chi connectivity index (χ4n) is 8.06. The molecular formula is C40H50N8O4. The van der Waals surface area contributed by atoms with Gasteiger partial charge in [0.25, 0.3) is 0 Å².